The normalized spacial score (nSPS) is 16.1. The molecule has 0 N–H and O–H groups in total. The third kappa shape index (κ3) is 1.75. The molecule has 6 heteroatoms. The van der Waals surface area contributed by atoms with Gasteiger partial charge in [0.25, 0.3) is 0 Å². The molecule has 0 atom stereocenters. The lowest BCUT2D eigenvalue weighted by Gasteiger charge is -2.17. The Morgan fingerprint density at radius 2 is 1.88 bits per heavy atom. The molecular formula is C10H7F3O3. The number of carbonyl (C=O) groups is 1. The number of carbonyl (C=O) groups excluding carboxylic acids is 1. The average molecular weight is 232 g/mol. The molecule has 1 heterocycles. The first-order chi connectivity index (χ1) is 7.39. The van der Waals surface area contributed by atoms with Crippen molar-refractivity contribution in [2.45, 2.75) is 25.4 Å². The van der Waals surface area contributed by atoms with Gasteiger partial charge < -0.3 is 4.42 Å². The van der Waals surface area contributed by atoms with Crippen molar-refractivity contribution in [3.63, 3.8) is 0 Å². The van der Waals surface area contributed by atoms with Crippen LogP contribution in [0, 0.1) is 0 Å². The fourth-order valence-corrected chi connectivity index (χ4v) is 1.78. The van der Waals surface area contributed by atoms with Crippen molar-refractivity contribution in [1.82, 2.24) is 0 Å². The molecule has 0 fully saturated rings. The monoisotopic (exact) mass is 232 g/mol. The molecule has 0 saturated heterocycles. The smallest absolute Gasteiger partial charge is 0.417 e. The predicted molar refractivity (Wildman–Crippen MR) is 47.2 cm³/mol. The maximum Gasteiger partial charge on any atom is 0.417 e. The Morgan fingerprint density at radius 3 is 2.50 bits per heavy atom. The maximum atomic E-state index is 12.6. The predicted octanol–water partition coefficient (Wildman–Crippen LogP) is 2.18. The molecular weight excluding hydrogens is 225 g/mol. The molecule has 2 rings (SSSR count). The van der Waals surface area contributed by atoms with Crippen LogP contribution in [0.25, 0.3) is 0 Å². The van der Waals surface area contributed by atoms with E-state index in [1.807, 2.05) is 0 Å². The topological polar surface area (TPSA) is 47.3 Å². The van der Waals surface area contributed by atoms with Crippen LogP contribution < -0.4 is 5.63 Å². The van der Waals surface area contributed by atoms with Crippen LogP contribution in [0.4, 0.5) is 13.2 Å². The Hall–Kier alpha value is -1.59. The minimum Gasteiger partial charge on any atom is -0.427 e. The first-order valence-electron chi connectivity index (χ1n) is 4.67. The van der Waals surface area contributed by atoms with E-state index in [0.717, 1.165) is 0 Å². The van der Waals surface area contributed by atoms with Gasteiger partial charge in [-0.05, 0) is 6.42 Å². The molecule has 0 aliphatic heterocycles. The zero-order valence-corrected chi connectivity index (χ0v) is 8.06. The van der Waals surface area contributed by atoms with Gasteiger partial charge in [0, 0.05) is 18.9 Å². The zero-order valence-electron chi connectivity index (χ0n) is 8.06. The lowest BCUT2D eigenvalue weighted by atomic mass is 9.92. The number of ketones is 1. The third-order valence-corrected chi connectivity index (χ3v) is 2.43. The first kappa shape index (κ1) is 10.9. The van der Waals surface area contributed by atoms with Gasteiger partial charge in [-0.25, -0.2) is 4.79 Å². The van der Waals surface area contributed by atoms with Crippen LogP contribution in [0.1, 0.15) is 34.5 Å². The van der Waals surface area contributed by atoms with Crippen molar-refractivity contribution in [2.24, 2.45) is 0 Å². The van der Waals surface area contributed by atoms with E-state index in [2.05, 4.69) is 4.42 Å². The van der Waals surface area contributed by atoms with E-state index in [4.69, 9.17) is 0 Å². The molecule has 1 aliphatic carbocycles. The maximum absolute atomic E-state index is 12.6. The van der Waals surface area contributed by atoms with Crippen molar-refractivity contribution in [2.75, 3.05) is 0 Å². The molecule has 1 aliphatic rings. The Labute approximate surface area is 87.9 Å². The van der Waals surface area contributed by atoms with Crippen molar-refractivity contribution >= 4 is 5.78 Å². The number of halogens is 3. The van der Waals surface area contributed by atoms with Crippen molar-refractivity contribution in [1.29, 1.82) is 0 Å². The molecule has 0 amide bonds. The van der Waals surface area contributed by atoms with Gasteiger partial charge in [-0.15, -0.1) is 0 Å². The van der Waals surface area contributed by atoms with E-state index in [9.17, 15) is 22.8 Å². The number of hydrogen-bond acceptors (Lipinski definition) is 3. The van der Waals surface area contributed by atoms with Gasteiger partial charge in [0.05, 0.1) is 11.1 Å². The summed E-state index contributed by atoms with van der Waals surface area (Å²) in [4.78, 5) is 22.3. The van der Waals surface area contributed by atoms with Crippen LogP contribution >= 0.6 is 0 Å². The fraction of sp³-hybridized carbons (Fsp3) is 0.400. The van der Waals surface area contributed by atoms with Crippen LogP contribution in [0.2, 0.25) is 0 Å². The lowest BCUT2D eigenvalue weighted by Crippen LogP contribution is -2.22. The fourth-order valence-electron chi connectivity index (χ4n) is 1.78. The highest BCUT2D eigenvalue weighted by atomic mass is 19.4. The number of Topliss-reactive ketones (excluding diaryl/α,β-unsaturated/α-hetero) is 1. The van der Waals surface area contributed by atoms with E-state index >= 15 is 0 Å². The van der Waals surface area contributed by atoms with Crippen LogP contribution in [0.15, 0.2) is 15.3 Å². The van der Waals surface area contributed by atoms with Crippen molar-refractivity contribution in [3.05, 3.63) is 33.4 Å². The van der Waals surface area contributed by atoms with Crippen LogP contribution in [0.5, 0.6) is 0 Å². The van der Waals surface area contributed by atoms with E-state index in [-0.39, 0.29) is 18.6 Å². The quantitative estimate of drug-likeness (QED) is 0.688. The number of alkyl halides is 3. The first-order valence-corrected chi connectivity index (χ1v) is 4.67. The molecule has 1 aromatic heterocycles. The van der Waals surface area contributed by atoms with Crippen molar-refractivity contribution in [3.8, 4) is 0 Å². The van der Waals surface area contributed by atoms with Crippen LogP contribution in [0.3, 0.4) is 0 Å². The molecule has 1 aromatic rings. The third-order valence-electron chi connectivity index (χ3n) is 2.43. The summed E-state index contributed by atoms with van der Waals surface area (Å²) in [6.07, 6.45) is -4.03. The summed E-state index contributed by atoms with van der Waals surface area (Å²) in [5.74, 6) is -0.756. The summed E-state index contributed by atoms with van der Waals surface area (Å²) in [7, 11) is 0. The Kier molecular flexibility index (Phi) is 2.36. The van der Waals surface area contributed by atoms with Gasteiger partial charge in [0.1, 0.15) is 5.76 Å². The minimum absolute atomic E-state index is 0.0593. The molecule has 3 nitrogen and oxygen atoms in total. The standard InChI is InChI=1S/C10H7F3O3/c11-10(12,13)5-4-8(15)16-7-3-1-2-6(14)9(5)7/h4H,1-3H2. The minimum atomic E-state index is -4.70. The van der Waals surface area contributed by atoms with E-state index in [0.29, 0.717) is 12.5 Å². The Balaban J connectivity index is 2.73. The largest absolute Gasteiger partial charge is 0.427 e. The number of fused-ring (bicyclic) bond motifs is 1. The second kappa shape index (κ2) is 3.47. The van der Waals surface area contributed by atoms with Gasteiger partial charge in [0.15, 0.2) is 5.78 Å². The van der Waals surface area contributed by atoms with Crippen LogP contribution in [-0.2, 0) is 12.6 Å². The summed E-state index contributed by atoms with van der Waals surface area (Å²) < 4.78 is 42.4. The second-order valence-corrected chi connectivity index (χ2v) is 3.55. The Morgan fingerprint density at radius 1 is 1.19 bits per heavy atom. The number of hydrogen-bond donors (Lipinski definition) is 0. The summed E-state index contributed by atoms with van der Waals surface area (Å²) in [6, 6.07) is 0.335. The van der Waals surface area contributed by atoms with E-state index in [1.165, 1.54) is 0 Å². The van der Waals surface area contributed by atoms with Gasteiger partial charge in [0.2, 0.25) is 0 Å². The highest BCUT2D eigenvalue weighted by Gasteiger charge is 2.38. The summed E-state index contributed by atoms with van der Waals surface area (Å²) >= 11 is 0. The summed E-state index contributed by atoms with van der Waals surface area (Å²) in [6.45, 7) is 0. The van der Waals surface area contributed by atoms with Gasteiger partial charge in [-0.1, -0.05) is 0 Å². The molecule has 0 unspecified atom stereocenters. The average Bonchev–Trinajstić information content (AvgIpc) is 2.15. The summed E-state index contributed by atoms with van der Waals surface area (Å²) in [5.41, 5.74) is -2.72. The van der Waals surface area contributed by atoms with Gasteiger partial charge in [-0.2, -0.15) is 13.2 Å². The van der Waals surface area contributed by atoms with Gasteiger partial charge >= 0.3 is 11.8 Å². The molecule has 0 radical (unpaired) electrons. The highest BCUT2D eigenvalue weighted by Crippen LogP contribution is 2.35. The van der Waals surface area contributed by atoms with Crippen molar-refractivity contribution < 1.29 is 22.4 Å². The SMILES string of the molecule is O=C1CCCc2oc(=O)cc(C(F)(F)F)c21. The zero-order chi connectivity index (χ0) is 11.9. The summed E-state index contributed by atoms with van der Waals surface area (Å²) in [5, 5.41) is 0. The van der Waals surface area contributed by atoms with E-state index in [1.54, 1.807) is 0 Å². The molecule has 16 heavy (non-hydrogen) atoms. The lowest BCUT2D eigenvalue weighted by molar-refractivity contribution is -0.138. The number of rotatable bonds is 0. The molecule has 86 valence electrons. The molecule has 0 spiro atoms. The van der Waals surface area contributed by atoms with E-state index < -0.39 is 28.7 Å². The molecule has 0 bridgehead atoms. The number of aryl methyl sites for hydroxylation is 1. The highest BCUT2D eigenvalue weighted by molar-refractivity contribution is 5.99. The van der Waals surface area contributed by atoms with Gasteiger partial charge in [-0.3, -0.25) is 4.79 Å². The van der Waals surface area contributed by atoms with Crippen LogP contribution in [-0.4, -0.2) is 5.78 Å². The molecule has 0 saturated carbocycles. The molecule has 0 aromatic carbocycles. The second-order valence-electron chi connectivity index (χ2n) is 3.55. The Bertz CT molecular complexity index is 499.